The molecule has 16 heavy (non-hydrogen) atoms. The van der Waals surface area contributed by atoms with Crippen molar-refractivity contribution >= 4 is 0 Å². The van der Waals surface area contributed by atoms with Gasteiger partial charge in [0.1, 0.15) is 0 Å². The average Bonchev–Trinajstić information content (AvgIpc) is 2.32. The molecule has 0 aromatic rings. The summed E-state index contributed by atoms with van der Waals surface area (Å²) >= 11 is 0. The van der Waals surface area contributed by atoms with Crippen LogP contribution in [-0.4, -0.2) is 35.7 Å². The van der Waals surface area contributed by atoms with E-state index in [4.69, 9.17) is 4.74 Å². The highest BCUT2D eigenvalue weighted by Gasteiger charge is 2.44. The molecule has 94 valence electrons. The Labute approximate surface area is 100 Å². The van der Waals surface area contributed by atoms with Gasteiger partial charge in [0.15, 0.2) is 0 Å². The van der Waals surface area contributed by atoms with E-state index in [1.54, 1.807) is 0 Å². The monoisotopic (exact) mass is 225 g/mol. The van der Waals surface area contributed by atoms with E-state index < -0.39 is 0 Å². The van der Waals surface area contributed by atoms with Crippen LogP contribution in [0.1, 0.15) is 47.5 Å². The summed E-state index contributed by atoms with van der Waals surface area (Å²) in [4.78, 5) is 2.68. The molecular weight excluding hydrogens is 198 g/mol. The Morgan fingerprint density at radius 3 is 2.19 bits per heavy atom. The van der Waals surface area contributed by atoms with Crippen molar-refractivity contribution in [3.8, 4) is 0 Å². The van der Waals surface area contributed by atoms with Gasteiger partial charge in [-0.05, 0) is 53.4 Å². The van der Waals surface area contributed by atoms with Crippen LogP contribution >= 0.6 is 0 Å². The quantitative estimate of drug-likeness (QED) is 0.716. The Bertz CT molecular complexity index is 250. The zero-order chi connectivity index (χ0) is 12.0. The molecule has 2 rings (SSSR count). The van der Waals surface area contributed by atoms with Gasteiger partial charge in [-0.25, -0.2) is 0 Å². The molecule has 0 unspecified atom stereocenters. The lowest BCUT2D eigenvalue weighted by atomic mass is 9.88. The fourth-order valence-electron chi connectivity index (χ4n) is 3.62. The molecule has 0 aromatic heterocycles. The molecule has 0 amide bonds. The Hall–Kier alpha value is -0.0800. The molecular formula is C14H27NO. The Morgan fingerprint density at radius 2 is 1.81 bits per heavy atom. The topological polar surface area (TPSA) is 12.5 Å². The first-order valence-electron chi connectivity index (χ1n) is 6.64. The molecule has 2 fully saturated rings. The first-order chi connectivity index (χ1) is 7.29. The zero-order valence-electron chi connectivity index (χ0n) is 11.5. The molecule has 0 aromatic carbocycles. The summed E-state index contributed by atoms with van der Waals surface area (Å²) in [6.45, 7) is 15.1. The van der Waals surface area contributed by atoms with Crippen molar-refractivity contribution in [3.05, 3.63) is 0 Å². The number of nitrogens with zero attached hydrogens (tertiary/aromatic N) is 1. The van der Waals surface area contributed by atoms with Crippen LogP contribution in [0, 0.1) is 11.8 Å². The van der Waals surface area contributed by atoms with Crippen molar-refractivity contribution in [2.24, 2.45) is 11.8 Å². The first kappa shape index (κ1) is 12.4. The highest BCUT2D eigenvalue weighted by molar-refractivity contribution is 4.98. The van der Waals surface area contributed by atoms with Gasteiger partial charge in [-0.3, -0.25) is 4.90 Å². The minimum Gasteiger partial charge on any atom is -0.381 e. The van der Waals surface area contributed by atoms with Gasteiger partial charge in [-0.1, -0.05) is 0 Å². The van der Waals surface area contributed by atoms with E-state index in [2.05, 4.69) is 39.5 Å². The van der Waals surface area contributed by atoms with Gasteiger partial charge in [-0.15, -0.1) is 0 Å². The smallest absolute Gasteiger partial charge is 0.0516 e. The molecule has 0 saturated carbocycles. The molecule has 2 heterocycles. The van der Waals surface area contributed by atoms with Gasteiger partial charge in [0.25, 0.3) is 0 Å². The van der Waals surface area contributed by atoms with E-state index in [1.807, 2.05) is 0 Å². The van der Waals surface area contributed by atoms with E-state index >= 15 is 0 Å². The lowest BCUT2D eigenvalue weighted by Crippen LogP contribution is -2.50. The van der Waals surface area contributed by atoms with Gasteiger partial charge in [0.05, 0.1) is 13.2 Å². The van der Waals surface area contributed by atoms with Gasteiger partial charge in [0.2, 0.25) is 0 Å². The third kappa shape index (κ3) is 2.43. The van der Waals surface area contributed by atoms with Crippen LogP contribution in [0.25, 0.3) is 0 Å². The fraction of sp³-hybridized carbons (Fsp3) is 1.00. The molecule has 0 spiro atoms. The molecule has 2 aliphatic rings. The molecule has 0 N–H and O–H groups in total. The Morgan fingerprint density at radius 1 is 1.19 bits per heavy atom. The normalized spacial score (nSPS) is 31.7. The number of ether oxygens (including phenoxy) is 1. The van der Waals surface area contributed by atoms with Crippen LogP contribution in [0.5, 0.6) is 0 Å². The molecule has 2 aliphatic heterocycles. The third-order valence-electron chi connectivity index (χ3n) is 4.14. The van der Waals surface area contributed by atoms with Crippen molar-refractivity contribution in [2.45, 2.75) is 58.5 Å². The molecule has 2 heteroatoms. The second-order valence-electron chi connectivity index (χ2n) is 7.30. The van der Waals surface area contributed by atoms with Crippen LogP contribution in [0.3, 0.4) is 0 Å². The zero-order valence-corrected chi connectivity index (χ0v) is 11.5. The maximum absolute atomic E-state index is 5.28. The molecule has 0 bridgehead atoms. The third-order valence-corrected chi connectivity index (χ3v) is 4.14. The minimum atomic E-state index is 0.300. The Balaban J connectivity index is 1.96. The summed E-state index contributed by atoms with van der Waals surface area (Å²) < 4.78 is 5.28. The van der Waals surface area contributed by atoms with Crippen LogP contribution in [0.2, 0.25) is 0 Å². The largest absolute Gasteiger partial charge is 0.381 e. The summed E-state index contributed by atoms with van der Waals surface area (Å²) in [6, 6.07) is 0. The number of hydrogen-bond donors (Lipinski definition) is 0. The molecule has 2 saturated heterocycles. The van der Waals surface area contributed by atoms with E-state index in [-0.39, 0.29) is 0 Å². The SMILES string of the molecule is CC(C)(C)N1C[C@H](CC2COC2)CC1(C)C. The number of rotatable bonds is 2. The minimum absolute atomic E-state index is 0.300. The summed E-state index contributed by atoms with van der Waals surface area (Å²) in [5.41, 5.74) is 0.669. The second-order valence-corrected chi connectivity index (χ2v) is 7.30. The van der Waals surface area contributed by atoms with Crippen molar-refractivity contribution in [3.63, 3.8) is 0 Å². The lowest BCUT2D eigenvalue weighted by Gasteiger charge is -2.42. The Kier molecular flexibility index (Phi) is 3.09. The maximum atomic E-state index is 5.28. The fourth-order valence-corrected chi connectivity index (χ4v) is 3.62. The maximum Gasteiger partial charge on any atom is 0.0516 e. The number of likely N-dealkylation sites (tertiary alicyclic amines) is 1. The van der Waals surface area contributed by atoms with E-state index in [9.17, 15) is 0 Å². The van der Waals surface area contributed by atoms with Crippen molar-refractivity contribution in [1.82, 2.24) is 4.90 Å². The summed E-state index contributed by atoms with van der Waals surface area (Å²) in [5.74, 6) is 1.73. The highest BCUT2D eigenvalue weighted by atomic mass is 16.5. The van der Waals surface area contributed by atoms with Crippen LogP contribution in [-0.2, 0) is 4.74 Å². The lowest BCUT2D eigenvalue weighted by molar-refractivity contribution is -0.0423. The van der Waals surface area contributed by atoms with Gasteiger partial charge < -0.3 is 4.74 Å². The summed E-state index contributed by atoms with van der Waals surface area (Å²) in [6.07, 6.45) is 2.72. The van der Waals surface area contributed by atoms with Crippen LogP contribution in [0.4, 0.5) is 0 Å². The molecule has 1 atom stereocenters. The van der Waals surface area contributed by atoms with Crippen molar-refractivity contribution < 1.29 is 4.74 Å². The summed E-state index contributed by atoms with van der Waals surface area (Å²) in [5, 5.41) is 0. The van der Waals surface area contributed by atoms with Gasteiger partial charge in [-0.2, -0.15) is 0 Å². The second kappa shape index (κ2) is 3.99. The van der Waals surface area contributed by atoms with E-state index in [1.165, 1.54) is 19.4 Å². The molecule has 2 nitrogen and oxygen atoms in total. The van der Waals surface area contributed by atoms with E-state index in [0.29, 0.717) is 11.1 Å². The van der Waals surface area contributed by atoms with Gasteiger partial charge >= 0.3 is 0 Å². The standard InChI is InChI=1S/C14H27NO/c1-13(2,3)15-8-11(7-14(15,4)5)6-12-9-16-10-12/h11-12H,6-10H2,1-5H3/t11-/m1/s1. The van der Waals surface area contributed by atoms with Crippen LogP contribution in [0.15, 0.2) is 0 Å². The average molecular weight is 225 g/mol. The van der Waals surface area contributed by atoms with E-state index in [0.717, 1.165) is 25.0 Å². The first-order valence-corrected chi connectivity index (χ1v) is 6.64. The van der Waals surface area contributed by atoms with Crippen molar-refractivity contribution in [1.29, 1.82) is 0 Å². The molecule has 0 radical (unpaired) electrons. The predicted octanol–water partition coefficient (Wildman–Crippen LogP) is 2.92. The molecule has 0 aliphatic carbocycles. The number of hydrogen-bond acceptors (Lipinski definition) is 2. The summed E-state index contributed by atoms with van der Waals surface area (Å²) in [7, 11) is 0. The van der Waals surface area contributed by atoms with Crippen LogP contribution < -0.4 is 0 Å². The van der Waals surface area contributed by atoms with Crippen molar-refractivity contribution in [2.75, 3.05) is 19.8 Å². The van der Waals surface area contributed by atoms with Gasteiger partial charge in [0, 0.05) is 23.5 Å². The highest BCUT2D eigenvalue weighted by Crippen LogP contribution is 2.40. The predicted molar refractivity (Wildman–Crippen MR) is 67.6 cm³/mol.